The number of aryl methyl sites for hydroxylation is 2. The fourth-order valence-corrected chi connectivity index (χ4v) is 3.16. The minimum Gasteiger partial charge on any atom is -0.368 e. The smallest absolute Gasteiger partial charge is 0.253 e. The van der Waals surface area contributed by atoms with Crippen molar-refractivity contribution < 1.29 is 9.53 Å². The van der Waals surface area contributed by atoms with Crippen molar-refractivity contribution in [1.29, 1.82) is 0 Å². The second kappa shape index (κ2) is 6.67. The van der Waals surface area contributed by atoms with E-state index in [9.17, 15) is 4.79 Å². The average Bonchev–Trinajstić information content (AvgIpc) is 2.57. The van der Waals surface area contributed by atoms with E-state index in [0.717, 1.165) is 32.7 Å². The number of ether oxygens (including phenoxy) is 1. The summed E-state index contributed by atoms with van der Waals surface area (Å²) in [5.74, 6) is 0.132. The van der Waals surface area contributed by atoms with Crippen molar-refractivity contribution >= 4 is 11.6 Å². The van der Waals surface area contributed by atoms with Crippen LogP contribution in [0.15, 0.2) is 18.2 Å². The Morgan fingerprint density at radius 3 is 2.68 bits per heavy atom. The number of rotatable bonds is 2. The zero-order valence-electron chi connectivity index (χ0n) is 13.5. The molecule has 2 heterocycles. The van der Waals surface area contributed by atoms with E-state index in [1.54, 1.807) is 0 Å². The van der Waals surface area contributed by atoms with Crippen LogP contribution in [-0.2, 0) is 9.53 Å². The van der Waals surface area contributed by atoms with E-state index in [1.807, 2.05) is 4.90 Å². The van der Waals surface area contributed by atoms with Gasteiger partial charge in [0.2, 0.25) is 0 Å². The highest BCUT2D eigenvalue weighted by Crippen LogP contribution is 2.23. The van der Waals surface area contributed by atoms with Gasteiger partial charge >= 0.3 is 0 Å². The van der Waals surface area contributed by atoms with Gasteiger partial charge in [0.05, 0.1) is 6.61 Å². The SMILES string of the molecule is Cc1ccc(C)c(N2CCN(C(=O)[C@@H]3CNCCO3)CC2)c1. The van der Waals surface area contributed by atoms with Crippen molar-refractivity contribution in [1.82, 2.24) is 10.2 Å². The summed E-state index contributed by atoms with van der Waals surface area (Å²) < 4.78 is 5.57. The first-order valence-electron chi connectivity index (χ1n) is 8.08. The number of amides is 1. The Hall–Kier alpha value is -1.59. The molecule has 0 saturated carbocycles. The molecule has 1 aromatic carbocycles. The van der Waals surface area contributed by atoms with E-state index in [4.69, 9.17) is 4.74 Å². The number of nitrogens with one attached hydrogen (secondary N) is 1. The number of carbonyl (C=O) groups is 1. The minimum absolute atomic E-state index is 0.132. The second-order valence-electron chi connectivity index (χ2n) is 6.17. The summed E-state index contributed by atoms with van der Waals surface area (Å²) >= 11 is 0. The summed E-state index contributed by atoms with van der Waals surface area (Å²) in [6.45, 7) is 9.67. The lowest BCUT2D eigenvalue weighted by Crippen LogP contribution is -2.55. The number of carbonyl (C=O) groups excluding carboxylic acids is 1. The van der Waals surface area contributed by atoms with Crippen LogP contribution in [0, 0.1) is 13.8 Å². The summed E-state index contributed by atoms with van der Waals surface area (Å²) in [5.41, 5.74) is 3.87. The van der Waals surface area contributed by atoms with Crippen LogP contribution in [0.2, 0.25) is 0 Å². The van der Waals surface area contributed by atoms with Crippen LogP contribution in [-0.4, -0.2) is 62.8 Å². The quantitative estimate of drug-likeness (QED) is 0.883. The molecule has 2 aliphatic heterocycles. The highest BCUT2D eigenvalue weighted by atomic mass is 16.5. The van der Waals surface area contributed by atoms with E-state index in [1.165, 1.54) is 16.8 Å². The molecule has 5 nitrogen and oxygen atoms in total. The first-order valence-corrected chi connectivity index (χ1v) is 8.08. The Bertz CT molecular complexity index is 533. The van der Waals surface area contributed by atoms with E-state index >= 15 is 0 Å². The molecular formula is C17H25N3O2. The third-order valence-electron chi connectivity index (χ3n) is 4.50. The Labute approximate surface area is 132 Å². The highest BCUT2D eigenvalue weighted by molar-refractivity contribution is 5.81. The third kappa shape index (κ3) is 3.25. The molecule has 120 valence electrons. The molecule has 0 aliphatic carbocycles. The molecule has 2 fully saturated rings. The third-order valence-corrected chi connectivity index (χ3v) is 4.50. The van der Waals surface area contributed by atoms with Gasteiger partial charge in [-0.1, -0.05) is 12.1 Å². The molecular weight excluding hydrogens is 278 g/mol. The number of benzene rings is 1. The van der Waals surface area contributed by atoms with Gasteiger partial charge in [-0.25, -0.2) is 0 Å². The largest absolute Gasteiger partial charge is 0.368 e. The minimum atomic E-state index is -0.305. The summed E-state index contributed by atoms with van der Waals surface area (Å²) in [4.78, 5) is 16.8. The fourth-order valence-electron chi connectivity index (χ4n) is 3.16. The molecule has 1 N–H and O–H groups in total. The first kappa shape index (κ1) is 15.3. The molecule has 0 spiro atoms. The summed E-state index contributed by atoms with van der Waals surface area (Å²) in [5, 5.41) is 3.22. The molecule has 1 amide bonds. The zero-order valence-corrected chi connectivity index (χ0v) is 13.5. The Morgan fingerprint density at radius 1 is 1.23 bits per heavy atom. The van der Waals surface area contributed by atoms with Crippen molar-refractivity contribution in [2.75, 3.05) is 50.8 Å². The van der Waals surface area contributed by atoms with Gasteiger partial charge in [0, 0.05) is 45.0 Å². The second-order valence-corrected chi connectivity index (χ2v) is 6.17. The molecule has 1 atom stereocenters. The normalized spacial score (nSPS) is 22.7. The molecule has 22 heavy (non-hydrogen) atoms. The van der Waals surface area contributed by atoms with Crippen molar-refractivity contribution in [3.05, 3.63) is 29.3 Å². The maximum atomic E-state index is 12.5. The van der Waals surface area contributed by atoms with Crippen molar-refractivity contribution in [2.45, 2.75) is 20.0 Å². The van der Waals surface area contributed by atoms with E-state index in [2.05, 4.69) is 42.3 Å². The molecule has 0 aromatic heterocycles. The Morgan fingerprint density at radius 2 is 2.00 bits per heavy atom. The summed E-state index contributed by atoms with van der Waals surface area (Å²) in [6, 6.07) is 6.55. The van der Waals surface area contributed by atoms with Crippen LogP contribution >= 0.6 is 0 Å². The number of anilines is 1. The fraction of sp³-hybridized carbons (Fsp3) is 0.588. The number of nitrogens with zero attached hydrogens (tertiary/aromatic N) is 2. The van der Waals surface area contributed by atoms with Gasteiger partial charge in [-0.05, 0) is 31.0 Å². The monoisotopic (exact) mass is 303 g/mol. The van der Waals surface area contributed by atoms with Crippen LogP contribution in [0.3, 0.4) is 0 Å². The average molecular weight is 303 g/mol. The molecule has 1 aromatic rings. The van der Waals surface area contributed by atoms with Crippen LogP contribution in [0.5, 0.6) is 0 Å². The maximum absolute atomic E-state index is 12.5. The molecule has 0 bridgehead atoms. The number of morpholine rings is 1. The predicted octanol–water partition coefficient (Wildman–Crippen LogP) is 0.940. The topological polar surface area (TPSA) is 44.8 Å². The summed E-state index contributed by atoms with van der Waals surface area (Å²) in [7, 11) is 0. The summed E-state index contributed by atoms with van der Waals surface area (Å²) in [6.07, 6.45) is -0.305. The number of hydrogen-bond donors (Lipinski definition) is 1. The van der Waals surface area contributed by atoms with Gasteiger partial charge in [-0.3, -0.25) is 4.79 Å². The maximum Gasteiger partial charge on any atom is 0.253 e. The first-order chi connectivity index (χ1) is 10.6. The van der Waals surface area contributed by atoms with Gasteiger partial charge in [0.15, 0.2) is 0 Å². The molecule has 2 aliphatic rings. The van der Waals surface area contributed by atoms with Crippen LogP contribution in [0.1, 0.15) is 11.1 Å². The van der Waals surface area contributed by atoms with E-state index in [-0.39, 0.29) is 12.0 Å². The van der Waals surface area contributed by atoms with E-state index < -0.39 is 0 Å². The molecule has 5 heteroatoms. The highest BCUT2D eigenvalue weighted by Gasteiger charge is 2.29. The van der Waals surface area contributed by atoms with Crippen LogP contribution in [0.25, 0.3) is 0 Å². The van der Waals surface area contributed by atoms with Gasteiger partial charge in [-0.2, -0.15) is 0 Å². The van der Waals surface area contributed by atoms with Gasteiger partial charge < -0.3 is 19.9 Å². The van der Waals surface area contributed by atoms with Crippen molar-refractivity contribution in [3.63, 3.8) is 0 Å². The van der Waals surface area contributed by atoms with Crippen LogP contribution in [0.4, 0.5) is 5.69 Å². The van der Waals surface area contributed by atoms with Crippen molar-refractivity contribution in [2.24, 2.45) is 0 Å². The van der Waals surface area contributed by atoms with E-state index in [0.29, 0.717) is 13.2 Å². The van der Waals surface area contributed by atoms with Gasteiger partial charge in [0.25, 0.3) is 5.91 Å². The Balaban J connectivity index is 1.60. The lowest BCUT2D eigenvalue weighted by atomic mass is 10.1. The Kier molecular flexibility index (Phi) is 4.64. The zero-order chi connectivity index (χ0) is 15.5. The number of hydrogen-bond acceptors (Lipinski definition) is 4. The lowest BCUT2D eigenvalue weighted by Gasteiger charge is -2.38. The molecule has 2 saturated heterocycles. The van der Waals surface area contributed by atoms with Crippen LogP contribution < -0.4 is 10.2 Å². The number of piperazine rings is 1. The van der Waals surface area contributed by atoms with Crippen molar-refractivity contribution in [3.8, 4) is 0 Å². The predicted molar refractivity (Wildman–Crippen MR) is 87.3 cm³/mol. The standard InChI is InChI=1S/C17H25N3O2/c1-13-3-4-14(2)15(11-13)19-6-8-20(9-7-19)17(21)16-12-18-5-10-22-16/h3-4,11,16,18H,5-10,12H2,1-2H3/t16-/m0/s1. The molecule has 0 unspecified atom stereocenters. The van der Waals surface area contributed by atoms with Gasteiger partial charge in [0.1, 0.15) is 6.10 Å². The molecule has 0 radical (unpaired) electrons. The lowest BCUT2D eigenvalue weighted by molar-refractivity contribution is -0.145. The van der Waals surface area contributed by atoms with Gasteiger partial charge in [-0.15, -0.1) is 0 Å². The molecule has 3 rings (SSSR count).